The quantitative estimate of drug-likeness (QED) is 0.215. The first-order valence-corrected chi connectivity index (χ1v) is 9.52. The van der Waals surface area contributed by atoms with Crippen molar-refractivity contribution in [3.63, 3.8) is 0 Å². The zero-order valence-corrected chi connectivity index (χ0v) is 16.7. The van der Waals surface area contributed by atoms with Crippen LogP contribution in [-0.4, -0.2) is 23.2 Å². The maximum atomic E-state index is 13.0. The topological polar surface area (TPSA) is 57.9 Å². The number of rotatable bonds is 9. The molecule has 148 valence electrons. The van der Waals surface area contributed by atoms with Crippen molar-refractivity contribution in [2.24, 2.45) is 0 Å². The molecule has 2 N–H and O–H groups in total. The highest BCUT2D eigenvalue weighted by atomic mass is 19.2. The van der Waals surface area contributed by atoms with Gasteiger partial charge in [-0.05, 0) is 47.9 Å². The smallest absolute Gasteiger partial charge is 0.503 e. The zero-order valence-electron chi connectivity index (χ0n) is 16.7. The van der Waals surface area contributed by atoms with Crippen LogP contribution in [0.1, 0.15) is 71.8 Å². The summed E-state index contributed by atoms with van der Waals surface area (Å²) in [6, 6.07) is 0. The van der Waals surface area contributed by atoms with Crippen molar-refractivity contribution < 1.29 is 18.1 Å². The molecule has 28 heavy (non-hydrogen) atoms. The van der Waals surface area contributed by atoms with E-state index in [2.05, 4.69) is 15.9 Å². The molecule has 2 aromatic rings. The van der Waals surface area contributed by atoms with Crippen LogP contribution in [0.4, 0.5) is 8.63 Å². The molecule has 0 atom stereocenters. The Morgan fingerprint density at radius 3 is 2.25 bits per heavy atom. The number of H-pyrrole nitrogens is 2. The van der Waals surface area contributed by atoms with Gasteiger partial charge in [0.05, 0.1) is 17.1 Å². The third-order valence-electron chi connectivity index (χ3n) is 4.85. The molecule has 0 aromatic carbocycles. The Labute approximate surface area is 165 Å². The molecule has 2 aromatic heterocycles. The predicted octanol–water partition coefficient (Wildman–Crippen LogP) is 4.74. The average molecular weight is 386 g/mol. The Kier molecular flexibility index (Phi) is 7.27. The number of allylic oxidation sites excluding steroid dienone is 1. The van der Waals surface area contributed by atoms with Gasteiger partial charge in [0.2, 0.25) is 5.78 Å². The van der Waals surface area contributed by atoms with Crippen LogP contribution in [-0.2, 0) is 30.3 Å². The minimum atomic E-state index is -3.04. The average Bonchev–Trinajstić information content (AvgIpc) is 3.26. The molecule has 7 heteroatoms. The lowest BCUT2D eigenvalue weighted by Gasteiger charge is -2.10. The van der Waals surface area contributed by atoms with E-state index in [4.69, 9.17) is 11.1 Å². The van der Waals surface area contributed by atoms with Crippen LogP contribution in [0.3, 0.4) is 0 Å². The largest absolute Gasteiger partial charge is 0.796 e. The van der Waals surface area contributed by atoms with Crippen molar-refractivity contribution in [1.82, 2.24) is 9.97 Å². The number of aromatic nitrogens is 2. The number of ketones is 1. The second-order valence-electron chi connectivity index (χ2n) is 6.31. The summed E-state index contributed by atoms with van der Waals surface area (Å²) in [7, 11) is -3.04. The number of carbonyl (C=O) groups is 1. The molecule has 0 aliphatic heterocycles. The predicted molar refractivity (Wildman–Crippen MR) is 108 cm³/mol. The van der Waals surface area contributed by atoms with Crippen LogP contribution in [0.25, 0.3) is 5.76 Å². The summed E-state index contributed by atoms with van der Waals surface area (Å²) in [5.41, 5.74) is 4.86. The van der Waals surface area contributed by atoms with E-state index in [1.54, 1.807) is 6.20 Å². The van der Waals surface area contributed by atoms with Gasteiger partial charge in [-0.1, -0.05) is 33.6 Å². The fourth-order valence-corrected chi connectivity index (χ4v) is 3.58. The standard InChI is InChI=1S/C21H25BF2N2O2/c1-6-13-12-25-21(14(13)7-2)19(28-22(23)24)11-18(27)20-16(9-4)15(8-3)17(10-5)26-20/h5,11-12,25-26H,6-9H2,1-4H3/b19-11-. The van der Waals surface area contributed by atoms with E-state index in [9.17, 15) is 13.4 Å². The van der Waals surface area contributed by atoms with Gasteiger partial charge in [0.25, 0.3) is 0 Å². The normalized spacial score (nSPS) is 11.4. The van der Waals surface area contributed by atoms with E-state index in [0.29, 0.717) is 36.3 Å². The maximum absolute atomic E-state index is 13.0. The van der Waals surface area contributed by atoms with Gasteiger partial charge in [-0.3, -0.25) is 4.79 Å². The molecular weight excluding hydrogens is 361 g/mol. The van der Waals surface area contributed by atoms with Crippen LogP contribution < -0.4 is 0 Å². The molecule has 0 amide bonds. The molecule has 0 bridgehead atoms. The Morgan fingerprint density at radius 2 is 1.75 bits per heavy atom. The Balaban J connectivity index is 2.57. The van der Waals surface area contributed by atoms with Crippen molar-refractivity contribution in [2.45, 2.75) is 53.4 Å². The minimum absolute atomic E-state index is 0.173. The number of halogens is 2. The lowest BCUT2D eigenvalue weighted by molar-refractivity contribution is 0.104. The fourth-order valence-electron chi connectivity index (χ4n) is 3.58. The summed E-state index contributed by atoms with van der Waals surface area (Å²) in [5.74, 6) is 1.94. The second-order valence-corrected chi connectivity index (χ2v) is 6.31. The van der Waals surface area contributed by atoms with Crippen molar-refractivity contribution in [2.75, 3.05) is 0 Å². The molecule has 0 spiro atoms. The summed E-state index contributed by atoms with van der Waals surface area (Å²) in [4.78, 5) is 18.9. The highest BCUT2D eigenvalue weighted by Gasteiger charge is 2.25. The number of terminal acetylenes is 1. The number of carbonyl (C=O) groups excluding carboxylic acids is 1. The Hall–Kier alpha value is -2.75. The second kappa shape index (κ2) is 9.45. The summed E-state index contributed by atoms with van der Waals surface area (Å²) < 4.78 is 30.8. The molecule has 0 aliphatic carbocycles. The molecule has 0 radical (unpaired) electrons. The van der Waals surface area contributed by atoms with Crippen LogP contribution in [0.15, 0.2) is 12.3 Å². The van der Waals surface area contributed by atoms with Crippen molar-refractivity contribution in [3.8, 4) is 12.3 Å². The number of hydrogen-bond donors (Lipinski definition) is 2. The summed E-state index contributed by atoms with van der Waals surface area (Å²) in [5, 5.41) is 0. The summed E-state index contributed by atoms with van der Waals surface area (Å²) in [6.07, 6.45) is 11.1. The van der Waals surface area contributed by atoms with E-state index < -0.39 is 13.3 Å². The molecule has 0 aliphatic rings. The molecule has 2 heterocycles. The van der Waals surface area contributed by atoms with Crippen molar-refractivity contribution >= 4 is 19.0 Å². The van der Waals surface area contributed by atoms with Crippen LogP contribution in [0.5, 0.6) is 0 Å². The van der Waals surface area contributed by atoms with E-state index in [1.807, 2.05) is 27.7 Å². The minimum Gasteiger partial charge on any atom is -0.503 e. The van der Waals surface area contributed by atoms with Crippen molar-refractivity contribution in [3.05, 3.63) is 51.6 Å². The summed E-state index contributed by atoms with van der Waals surface area (Å²) >= 11 is 0. The lowest BCUT2D eigenvalue weighted by Crippen LogP contribution is -2.09. The number of aromatic amines is 2. The van der Waals surface area contributed by atoms with E-state index in [0.717, 1.165) is 34.8 Å². The van der Waals surface area contributed by atoms with Gasteiger partial charge < -0.3 is 14.6 Å². The van der Waals surface area contributed by atoms with Gasteiger partial charge in [0, 0.05) is 12.3 Å². The van der Waals surface area contributed by atoms with E-state index in [1.165, 1.54) is 0 Å². The first-order chi connectivity index (χ1) is 13.4. The first-order valence-electron chi connectivity index (χ1n) is 9.52. The van der Waals surface area contributed by atoms with Gasteiger partial charge in [-0.2, -0.15) is 0 Å². The first kappa shape index (κ1) is 21.6. The maximum Gasteiger partial charge on any atom is 0.796 e. The number of nitrogens with one attached hydrogen (secondary N) is 2. The zero-order chi connectivity index (χ0) is 20.8. The van der Waals surface area contributed by atoms with Gasteiger partial charge in [-0.15, -0.1) is 6.42 Å². The molecule has 2 rings (SSSR count). The third-order valence-corrected chi connectivity index (χ3v) is 4.85. The van der Waals surface area contributed by atoms with Crippen LogP contribution >= 0.6 is 0 Å². The summed E-state index contributed by atoms with van der Waals surface area (Å²) in [6.45, 7) is 7.79. The van der Waals surface area contributed by atoms with Crippen LogP contribution in [0, 0.1) is 12.3 Å². The van der Waals surface area contributed by atoms with E-state index >= 15 is 0 Å². The van der Waals surface area contributed by atoms with Gasteiger partial charge in [-0.25, -0.2) is 8.63 Å². The van der Waals surface area contributed by atoms with Crippen molar-refractivity contribution in [1.29, 1.82) is 0 Å². The monoisotopic (exact) mass is 386 g/mol. The van der Waals surface area contributed by atoms with E-state index in [-0.39, 0.29) is 5.76 Å². The van der Waals surface area contributed by atoms with Crippen LogP contribution in [0.2, 0.25) is 0 Å². The van der Waals surface area contributed by atoms with Gasteiger partial charge >= 0.3 is 7.47 Å². The molecule has 0 saturated carbocycles. The van der Waals surface area contributed by atoms with Gasteiger partial charge in [0.15, 0.2) is 0 Å². The third kappa shape index (κ3) is 4.22. The lowest BCUT2D eigenvalue weighted by atomic mass is 10.0. The fraction of sp³-hybridized carbons (Fsp3) is 0.381. The SMILES string of the molecule is C#Cc1[nH]c(C(=O)/C=C(\OB(F)F)c2[nH]cc(CC)c2CC)c(CC)c1CC. The highest BCUT2D eigenvalue weighted by molar-refractivity contribution is 6.36. The number of aryl methyl sites for hydroxylation is 1. The molecule has 0 fully saturated rings. The Morgan fingerprint density at radius 1 is 1.11 bits per heavy atom. The molecule has 0 unspecified atom stereocenters. The molecule has 4 nitrogen and oxygen atoms in total. The van der Waals surface area contributed by atoms with Gasteiger partial charge in [0.1, 0.15) is 5.76 Å². The highest BCUT2D eigenvalue weighted by Crippen LogP contribution is 2.27. The number of hydrogen-bond acceptors (Lipinski definition) is 2. The Bertz CT molecular complexity index is 920. The molecular formula is C21H25BF2N2O2. The molecule has 0 saturated heterocycles.